The van der Waals surface area contributed by atoms with Gasteiger partial charge in [0.2, 0.25) is 17.7 Å². The first-order valence-electron chi connectivity index (χ1n) is 11.8. The van der Waals surface area contributed by atoms with Crippen LogP contribution in [0.25, 0.3) is 0 Å². The molecule has 1 unspecified atom stereocenters. The number of amides is 3. The lowest BCUT2D eigenvalue weighted by atomic mass is 9.73. The van der Waals surface area contributed by atoms with Crippen LogP contribution in [-0.2, 0) is 19.1 Å². The minimum absolute atomic E-state index is 0.0272. The van der Waals surface area contributed by atoms with E-state index in [0.29, 0.717) is 38.9 Å². The number of rotatable bonds is 6. The van der Waals surface area contributed by atoms with Crippen molar-refractivity contribution in [2.24, 2.45) is 11.8 Å². The first-order valence-corrected chi connectivity index (χ1v) is 11.8. The van der Waals surface area contributed by atoms with Crippen LogP contribution < -0.4 is 0 Å². The summed E-state index contributed by atoms with van der Waals surface area (Å²) in [6, 6.07) is -0.850. The van der Waals surface area contributed by atoms with E-state index in [1.54, 1.807) is 21.7 Å². The maximum Gasteiger partial charge on any atom is 0.249 e. The van der Waals surface area contributed by atoms with Gasteiger partial charge < -0.3 is 24.5 Å². The molecule has 0 radical (unpaired) electrons. The average Bonchev–Trinajstić information content (AvgIpc) is 3.04. The number of likely N-dealkylation sites (N-methyl/N-ethyl adjacent to an activating group) is 1. The minimum Gasteiger partial charge on any atom is -0.396 e. The van der Waals surface area contributed by atoms with Crippen molar-refractivity contribution in [1.82, 2.24) is 14.7 Å². The third-order valence-corrected chi connectivity index (χ3v) is 7.60. The van der Waals surface area contributed by atoms with Gasteiger partial charge in [0.15, 0.2) is 0 Å². The van der Waals surface area contributed by atoms with E-state index in [4.69, 9.17) is 4.74 Å². The van der Waals surface area contributed by atoms with Crippen molar-refractivity contribution in [3.63, 3.8) is 0 Å². The van der Waals surface area contributed by atoms with E-state index < -0.39 is 29.1 Å². The van der Waals surface area contributed by atoms with Crippen LogP contribution in [0.2, 0.25) is 0 Å². The van der Waals surface area contributed by atoms with Crippen molar-refractivity contribution in [3.8, 4) is 0 Å². The highest BCUT2D eigenvalue weighted by atomic mass is 16.5. The topological polar surface area (TPSA) is 90.4 Å². The number of ether oxygens (including phenoxy) is 1. The Morgan fingerprint density at radius 3 is 2.44 bits per heavy atom. The van der Waals surface area contributed by atoms with Gasteiger partial charge in [-0.2, -0.15) is 0 Å². The predicted octanol–water partition coefficient (Wildman–Crippen LogP) is 0.955. The van der Waals surface area contributed by atoms with Crippen molar-refractivity contribution in [2.75, 3.05) is 33.3 Å². The zero-order valence-electron chi connectivity index (χ0n) is 19.5. The molecule has 8 heteroatoms. The molecule has 4 aliphatic rings. The summed E-state index contributed by atoms with van der Waals surface area (Å²) in [6.07, 6.45) is 9.33. The summed E-state index contributed by atoms with van der Waals surface area (Å²) in [6.45, 7) is 7.17. The molecule has 0 bridgehead atoms. The zero-order valence-corrected chi connectivity index (χ0v) is 19.5. The van der Waals surface area contributed by atoms with Crippen LogP contribution in [0.5, 0.6) is 0 Å². The molecular weight excluding hydrogens is 410 g/mol. The maximum absolute atomic E-state index is 13.9. The van der Waals surface area contributed by atoms with Gasteiger partial charge in [-0.05, 0) is 33.1 Å². The fraction of sp³-hybridized carbons (Fsp3) is 0.708. The Kier molecular flexibility index (Phi) is 5.96. The summed E-state index contributed by atoms with van der Waals surface area (Å²) in [5, 5.41) is 9.25. The molecule has 4 heterocycles. The lowest BCUT2D eigenvalue weighted by molar-refractivity contribution is -0.154. The second kappa shape index (κ2) is 8.30. The van der Waals surface area contributed by atoms with E-state index in [2.05, 4.69) is 0 Å². The Labute approximate surface area is 189 Å². The molecule has 0 aromatic rings. The predicted molar refractivity (Wildman–Crippen MR) is 118 cm³/mol. The van der Waals surface area contributed by atoms with Gasteiger partial charge in [-0.15, -0.1) is 0 Å². The number of hydrogen-bond acceptors (Lipinski definition) is 5. The average molecular weight is 446 g/mol. The monoisotopic (exact) mass is 445 g/mol. The fourth-order valence-corrected chi connectivity index (χ4v) is 6.00. The number of hydrogen-bond donors (Lipinski definition) is 1. The number of fused-ring (bicyclic) bond motifs is 2. The Morgan fingerprint density at radius 1 is 1.06 bits per heavy atom. The number of carbonyl (C=O) groups excluding carboxylic acids is 3. The van der Waals surface area contributed by atoms with Crippen LogP contribution in [0.3, 0.4) is 0 Å². The van der Waals surface area contributed by atoms with Crippen LogP contribution in [0.4, 0.5) is 0 Å². The molecule has 0 aromatic carbocycles. The molecule has 4 aliphatic heterocycles. The van der Waals surface area contributed by atoms with Gasteiger partial charge in [0.1, 0.15) is 11.6 Å². The normalized spacial score (nSPS) is 36.5. The number of likely N-dealkylation sites (tertiary alicyclic amines) is 1. The second-order valence-electron chi connectivity index (χ2n) is 9.69. The van der Waals surface area contributed by atoms with Crippen LogP contribution in [0.1, 0.15) is 40.0 Å². The zero-order chi connectivity index (χ0) is 23.3. The largest absolute Gasteiger partial charge is 0.396 e. The van der Waals surface area contributed by atoms with Gasteiger partial charge in [-0.3, -0.25) is 14.4 Å². The first-order chi connectivity index (χ1) is 15.2. The highest BCUT2D eigenvalue weighted by molar-refractivity contribution is 6.00. The van der Waals surface area contributed by atoms with Crippen LogP contribution >= 0.6 is 0 Å². The Hall–Kier alpha value is -2.19. The summed E-state index contributed by atoms with van der Waals surface area (Å²) in [5.41, 5.74) is -2.11. The Bertz CT molecular complexity index is 855. The van der Waals surface area contributed by atoms with Gasteiger partial charge in [-0.1, -0.05) is 31.2 Å². The molecule has 0 aromatic heterocycles. The maximum atomic E-state index is 13.9. The van der Waals surface area contributed by atoms with E-state index >= 15 is 0 Å². The molecule has 4 rings (SSSR count). The van der Waals surface area contributed by atoms with E-state index in [9.17, 15) is 19.5 Å². The molecule has 3 amide bonds. The third kappa shape index (κ3) is 3.14. The van der Waals surface area contributed by atoms with Gasteiger partial charge in [0, 0.05) is 39.3 Å². The molecule has 0 aliphatic carbocycles. The summed E-state index contributed by atoms with van der Waals surface area (Å²) in [4.78, 5) is 46.4. The second-order valence-corrected chi connectivity index (χ2v) is 9.69. The molecule has 2 fully saturated rings. The van der Waals surface area contributed by atoms with E-state index in [-0.39, 0.29) is 30.4 Å². The van der Waals surface area contributed by atoms with Gasteiger partial charge in [-0.25, -0.2) is 0 Å². The summed E-state index contributed by atoms with van der Waals surface area (Å²) < 4.78 is 6.82. The van der Waals surface area contributed by atoms with E-state index in [1.807, 2.05) is 45.1 Å². The van der Waals surface area contributed by atoms with Crippen LogP contribution in [0.15, 0.2) is 24.3 Å². The third-order valence-electron chi connectivity index (χ3n) is 7.60. The first kappa shape index (κ1) is 23.0. The van der Waals surface area contributed by atoms with Gasteiger partial charge >= 0.3 is 0 Å². The van der Waals surface area contributed by atoms with Crippen molar-refractivity contribution >= 4 is 17.7 Å². The van der Waals surface area contributed by atoms with E-state index in [0.717, 1.165) is 0 Å². The number of carbonyl (C=O) groups is 3. The van der Waals surface area contributed by atoms with Crippen molar-refractivity contribution in [3.05, 3.63) is 24.3 Å². The molecular formula is C24H35N3O5. The standard InChI is InChI=1S/C24H35N3O5/c1-5-23-10-8-12-25(4)20(29)17(23)18-21(30)27(13-6-7-15-28)19-22(31)26(16(2)3)14-9-11-24(18,19)32-23/h8-11,16-19,28H,5-7,12-15H2,1-4H3/t17-,18+,19?,23+,24+/m1/s1. The molecule has 2 saturated heterocycles. The summed E-state index contributed by atoms with van der Waals surface area (Å²) >= 11 is 0. The molecule has 1 spiro atoms. The van der Waals surface area contributed by atoms with Crippen molar-refractivity contribution in [2.45, 2.75) is 63.3 Å². The smallest absolute Gasteiger partial charge is 0.249 e. The van der Waals surface area contributed by atoms with Crippen LogP contribution in [0, 0.1) is 11.8 Å². The highest BCUT2D eigenvalue weighted by Gasteiger charge is 2.75. The summed E-state index contributed by atoms with van der Waals surface area (Å²) in [7, 11) is 1.74. The Balaban J connectivity index is 1.87. The lowest BCUT2D eigenvalue weighted by Crippen LogP contribution is -2.57. The van der Waals surface area contributed by atoms with E-state index in [1.165, 1.54) is 0 Å². The molecule has 176 valence electrons. The minimum atomic E-state index is -1.18. The number of aliphatic hydroxyl groups is 1. The Morgan fingerprint density at radius 2 is 1.78 bits per heavy atom. The molecule has 8 nitrogen and oxygen atoms in total. The highest BCUT2D eigenvalue weighted by Crippen LogP contribution is 2.58. The number of aliphatic hydroxyl groups excluding tert-OH is 1. The van der Waals surface area contributed by atoms with Crippen LogP contribution in [-0.4, -0.2) is 94.1 Å². The fourth-order valence-electron chi connectivity index (χ4n) is 6.00. The lowest BCUT2D eigenvalue weighted by Gasteiger charge is -2.39. The summed E-state index contributed by atoms with van der Waals surface area (Å²) in [5.74, 6) is -1.90. The molecule has 32 heavy (non-hydrogen) atoms. The SMILES string of the molecule is CC[C@]12C=CCN(C)C(=O)[C@H]1[C@H]1C(=O)N(CCCCO)C3C(=O)N(C(C)C)CC=C[C@@]31O2. The molecule has 5 atom stereocenters. The number of unbranched alkanes of at least 4 members (excludes halogenated alkanes) is 1. The van der Waals surface area contributed by atoms with Crippen molar-refractivity contribution < 1.29 is 24.2 Å². The number of nitrogens with zero attached hydrogens (tertiary/aromatic N) is 3. The quantitative estimate of drug-likeness (QED) is 0.486. The molecule has 0 saturated carbocycles. The van der Waals surface area contributed by atoms with Crippen molar-refractivity contribution in [1.29, 1.82) is 0 Å². The van der Waals surface area contributed by atoms with Gasteiger partial charge in [0.25, 0.3) is 0 Å². The van der Waals surface area contributed by atoms with Gasteiger partial charge in [0.05, 0.1) is 17.4 Å². The molecule has 1 N–H and O–H groups in total.